The maximum atomic E-state index is 10.9. The Hall–Kier alpha value is -0.170. The van der Waals surface area contributed by atoms with Crippen molar-refractivity contribution in [3.05, 3.63) is 0 Å². The maximum Gasteiger partial charge on any atom is 0.283 e. The summed E-state index contributed by atoms with van der Waals surface area (Å²) >= 11 is 0. The summed E-state index contributed by atoms with van der Waals surface area (Å²) in [7, 11) is -3.57. The summed E-state index contributed by atoms with van der Waals surface area (Å²) in [5.41, 5.74) is 10.3. The molecule has 5 nitrogen and oxygen atoms in total. The fourth-order valence-corrected chi connectivity index (χ4v) is 1.37. The van der Waals surface area contributed by atoms with Gasteiger partial charge in [-0.2, -0.15) is 8.42 Å². The highest BCUT2D eigenvalue weighted by Crippen LogP contribution is 2.01. The number of nitrogens with two attached hydrogens (primary N) is 2. The van der Waals surface area contributed by atoms with Gasteiger partial charge in [0.2, 0.25) is 0 Å². The topological polar surface area (TPSA) is 95.4 Å². The SMILES string of the molecule is CCC(N)S(=O)(=O)OCCN. The molecule has 1 atom stereocenters. The third kappa shape index (κ3) is 3.66. The largest absolute Gasteiger partial charge is 0.328 e. The van der Waals surface area contributed by atoms with Crippen molar-refractivity contribution in [3.8, 4) is 0 Å². The van der Waals surface area contributed by atoms with E-state index in [2.05, 4.69) is 4.18 Å². The van der Waals surface area contributed by atoms with Crippen LogP contribution in [0.15, 0.2) is 0 Å². The van der Waals surface area contributed by atoms with Crippen LogP contribution in [0.1, 0.15) is 13.3 Å². The predicted molar refractivity (Wildman–Crippen MR) is 42.2 cm³/mol. The first-order valence-corrected chi connectivity index (χ1v) is 4.85. The molecule has 0 radical (unpaired) electrons. The molecule has 0 spiro atoms. The Balaban J connectivity index is 4.01. The van der Waals surface area contributed by atoms with Crippen molar-refractivity contribution in [1.29, 1.82) is 0 Å². The van der Waals surface area contributed by atoms with E-state index in [9.17, 15) is 8.42 Å². The predicted octanol–water partition coefficient (Wildman–Crippen LogP) is -1.01. The fraction of sp³-hybridized carbons (Fsp3) is 1.00. The van der Waals surface area contributed by atoms with Gasteiger partial charge in [-0.25, -0.2) is 0 Å². The minimum atomic E-state index is -3.57. The average molecular weight is 182 g/mol. The normalized spacial score (nSPS) is 14.8. The molecule has 1 unspecified atom stereocenters. The zero-order valence-electron chi connectivity index (χ0n) is 6.49. The van der Waals surface area contributed by atoms with E-state index in [1.54, 1.807) is 6.92 Å². The van der Waals surface area contributed by atoms with Crippen molar-refractivity contribution in [2.45, 2.75) is 18.7 Å². The van der Waals surface area contributed by atoms with E-state index in [0.717, 1.165) is 0 Å². The van der Waals surface area contributed by atoms with Gasteiger partial charge >= 0.3 is 0 Å². The second-order valence-corrected chi connectivity index (χ2v) is 3.88. The molecule has 6 heteroatoms. The second-order valence-electron chi connectivity index (χ2n) is 2.05. The van der Waals surface area contributed by atoms with Gasteiger partial charge in [-0.3, -0.25) is 4.18 Å². The van der Waals surface area contributed by atoms with Gasteiger partial charge in [-0.1, -0.05) is 6.92 Å². The first-order valence-electron chi connectivity index (χ1n) is 3.38. The molecule has 0 aliphatic carbocycles. The van der Waals surface area contributed by atoms with Crippen LogP contribution in [0.5, 0.6) is 0 Å². The van der Waals surface area contributed by atoms with Crippen molar-refractivity contribution in [1.82, 2.24) is 0 Å². The van der Waals surface area contributed by atoms with Crippen LogP contribution in [0, 0.1) is 0 Å². The smallest absolute Gasteiger partial charge is 0.283 e. The van der Waals surface area contributed by atoms with E-state index < -0.39 is 15.5 Å². The van der Waals surface area contributed by atoms with Crippen LogP contribution in [-0.2, 0) is 14.3 Å². The second kappa shape index (κ2) is 4.66. The van der Waals surface area contributed by atoms with Crippen LogP contribution in [0.25, 0.3) is 0 Å². The fourth-order valence-electron chi connectivity index (χ4n) is 0.456. The number of hydrogen-bond donors (Lipinski definition) is 2. The van der Waals surface area contributed by atoms with Gasteiger partial charge in [-0.15, -0.1) is 0 Å². The molecule has 0 aromatic heterocycles. The Morgan fingerprint density at radius 3 is 2.45 bits per heavy atom. The molecule has 0 aromatic rings. The van der Waals surface area contributed by atoms with Gasteiger partial charge in [0.15, 0.2) is 0 Å². The molecular weight excluding hydrogens is 168 g/mol. The van der Waals surface area contributed by atoms with Crippen molar-refractivity contribution in [2.24, 2.45) is 11.5 Å². The summed E-state index contributed by atoms with van der Waals surface area (Å²) in [5.74, 6) is 0. The lowest BCUT2D eigenvalue weighted by molar-refractivity contribution is 0.320. The molecule has 0 rings (SSSR count). The molecule has 4 N–H and O–H groups in total. The molecule has 0 aliphatic rings. The molecule has 0 amide bonds. The van der Waals surface area contributed by atoms with E-state index in [1.165, 1.54) is 0 Å². The van der Waals surface area contributed by atoms with Crippen LogP contribution in [0.3, 0.4) is 0 Å². The van der Waals surface area contributed by atoms with Gasteiger partial charge < -0.3 is 11.5 Å². The third-order valence-corrected chi connectivity index (χ3v) is 2.71. The summed E-state index contributed by atoms with van der Waals surface area (Å²) in [6.07, 6.45) is 0.340. The Kier molecular flexibility index (Phi) is 4.58. The van der Waals surface area contributed by atoms with Crippen molar-refractivity contribution in [2.75, 3.05) is 13.2 Å². The first kappa shape index (κ1) is 10.8. The minimum absolute atomic E-state index is 0.00394. The van der Waals surface area contributed by atoms with Gasteiger partial charge in [0.25, 0.3) is 10.1 Å². The molecular formula is C5H14N2O3S. The van der Waals surface area contributed by atoms with Crippen LogP contribution in [0.4, 0.5) is 0 Å². The van der Waals surface area contributed by atoms with E-state index >= 15 is 0 Å². The molecule has 0 aliphatic heterocycles. The molecule has 0 heterocycles. The van der Waals surface area contributed by atoms with Crippen LogP contribution in [0.2, 0.25) is 0 Å². The van der Waals surface area contributed by atoms with Crippen molar-refractivity contribution in [3.63, 3.8) is 0 Å². The summed E-state index contributed by atoms with van der Waals surface area (Å²) in [6.45, 7) is 1.85. The zero-order valence-corrected chi connectivity index (χ0v) is 7.30. The summed E-state index contributed by atoms with van der Waals surface area (Å²) in [6, 6.07) is 0. The van der Waals surface area contributed by atoms with Gasteiger partial charge in [0.1, 0.15) is 5.37 Å². The van der Waals surface area contributed by atoms with Crippen molar-refractivity contribution < 1.29 is 12.6 Å². The van der Waals surface area contributed by atoms with Crippen molar-refractivity contribution >= 4 is 10.1 Å². The highest BCUT2D eigenvalue weighted by molar-refractivity contribution is 7.87. The monoisotopic (exact) mass is 182 g/mol. The summed E-state index contributed by atoms with van der Waals surface area (Å²) in [4.78, 5) is 0. The molecule has 0 aromatic carbocycles. The highest BCUT2D eigenvalue weighted by atomic mass is 32.2. The van der Waals surface area contributed by atoms with E-state index in [0.29, 0.717) is 6.42 Å². The van der Waals surface area contributed by atoms with Gasteiger partial charge in [-0.05, 0) is 6.42 Å². The molecule has 68 valence electrons. The number of rotatable bonds is 5. The van der Waals surface area contributed by atoms with Crippen LogP contribution >= 0.6 is 0 Å². The Morgan fingerprint density at radius 1 is 1.55 bits per heavy atom. The summed E-state index contributed by atoms with van der Waals surface area (Å²) < 4.78 is 26.3. The summed E-state index contributed by atoms with van der Waals surface area (Å²) in [5, 5.41) is -0.936. The average Bonchev–Trinajstić information content (AvgIpc) is 1.99. The minimum Gasteiger partial charge on any atom is -0.328 e. The Bertz CT molecular complexity index is 190. The van der Waals surface area contributed by atoms with Gasteiger partial charge in [0.05, 0.1) is 6.61 Å². The lowest BCUT2D eigenvalue weighted by atomic mass is 10.5. The lowest BCUT2D eigenvalue weighted by Crippen LogP contribution is -2.32. The quantitative estimate of drug-likeness (QED) is 0.531. The van der Waals surface area contributed by atoms with E-state index in [1.807, 2.05) is 0 Å². The maximum absolute atomic E-state index is 10.9. The van der Waals surface area contributed by atoms with Crippen LogP contribution < -0.4 is 11.5 Å². The third-order valence-electron chi connectivity index (χ3n) is 1.14. The highest BCUT2D eigenvalue weighted by Gasteiger charge is 2.19. The van der Waals surface area contributed by atoms with E-state index in [4.69, 9.17) is 11.5 Å². The standard InChI is InChI=1S/C5H14N2O3S/c1-2-5(7)11(8,9)10-4-3-6/h5H,2-4,6-7H2,1H3. The molecule has 0 bridgehead atoms. The molecule has 0 fully saturated rings. The van der Waals surface area contributed by atoms with Gasteiger partial charge in [0, 0.05) is 6.54 Å². The zero-order chi connectivity index (χ0) is 8.91. The lowest BCUT2D eigenvalue weighted by Gasteiger charge is -2.09. The first-order chi connectivity index (χ1) is 5.04. The van der Waals surface area contributed by atoms with Crippen LogP contribution in [-0.4, -0.2) is 26.9 Å². The van der Waals surface area contributed by atoms with E-state index in [-0.39, 0.29) is 13.2 Å². The Morgan fingerprint density at radius 2 is 2.09 bits per heavy atom. The molecule has 11 heavy (non-hydrogen) atoms. The molecule has 0 saturated heterocycles. The Labute approximate surface area is 66.8 Å². The molecule has 0 saturated carbocycles. The number of hydrogen-bond acceptors (Lipinski definition) is 5.